The average Bonchev–Trinajstić information content (AvgIpc) is 3.05. The van der Waals surface area contributed by atoms with Gasteiger partial charge in [0.1, 0.15) is 12.5 Å². The maximum absolute atomic E-state index is 12.8. The molecule has 3 atom stereocenters. The molecule has 2 rings (SSSR count). The van der Waals surface area contributed by atoms with Crippen LogP contribution >= 0.6 is 11.8 Å². The fourth-order valence-electron chi connectivity index (χ4n) is 3.34. The van der Waals surface area contributed by atoms with Gasteiger partial charge in [0.05, 0.1) is 16.7 Å². The topological polar surface area (TPSA) is 103 Å². The maximum atomic E-state index is 12.8. The van der Waals surface area contributed by atoms with Gasteiger partial charge in [-0.3, -0.25) is 9.59 Å². The fraction of sp³-hybridized carbons (Fsp3) is 0.500. The number of esters is 1. The van der Waals surface area contributed by atoms with Crippen LogP contribution < -0.4 is 5.32 Å². The molecule has 8 heteroatoms. The summed E-state index contributed by atoms with van der Waals surface area (Å²) in [5.41, 5.74) is 2.01. The number of anilines is 1. The van der Waals surface area contributed by atoms with Gasteiger partial charge in [-0.25, -0.2) is 0 Å². The SMILES string of the molecule is C=CCOC(=O)C(C#N)CC1SC(CCNc2cccc(CCO)c2)C(=O)N1CC. The summed E-state index contributed by atoms with van der Waals surface area (Å²) in [5.74, 6) is -1.44. The van der Waals surface area contributed by atoms with Gasteiger partial charge in [-0.15, -0.1) is 11.8 Å². The van der Waals surface area contributed by atoms with E-state index >= 15 is 0 Å². The highest BCUT2D eigenvalue weighted by molar-refractivity contribution is 8.01. The Morgan fingerprint density at radius 1 is 1.53 bits per heavy atom. The van der Waals surface area contributed by atoms with E-state index in [1.165, 1.54) is 17.8 Å². The number of nitriles is 1. The Morgan fingerprint density at radius 3 is 3.00 bits per heavy atom. The molecule has 1 aliphatic rings. The number of aliphatic hydroxyl groups excluding tert-OH is 1. The van der Waals surface area contributed by atoms with E-state index in [0.29, 0.717) is 25.9 Å². The van der Waals surface area contributed by atoms with Crippen molar-refractivity contribution in [2.75, 3.05) is 31.6 Å². The summed E-state index contributed by atoms with van der Waals surface area (Å²) in [4.78, 5) is 26.6. The number of hydrogen-bond donors (Lipinski definition) is 2. The number of hydrogen-bond acceptors (Lipinski definition) is 7. The van der Waals surface area contributed by atoms with E-state index in [9.17, 15) is 14.9 Å². The van der Waals surface area contributed by atoms with Crippen molar-refractivity contribution >= 4 is 29.3 Å². The molecule has 0 aliphatic carbocycles. The van der Waals surface area contributed by atoms with Crippen LogP contribution in [0, 0.1) is 17.2 Å². The van der Waals surface area contributed by atoms with Crippen molar-refractivity contribution < 1.29 is 19.4 Å². The summed E-state index contributed by atoms with van der Waals surface area (Å²) in [6.45, 7) is 6.73. The van der Waals surface area contributed by atoms with Gasteiger partial charge in [-0.2, -0.15) is 5.26 Å². The lowest BCUT2D eigenvalue weighted by atomic mass is 10.1. The van der Waals surface area contributed by atoms with Gasteiger partial charge in [0.2, 0.25) is 5.91 Å². The van der Waals surface area contributed by atoms with E-state index in [1.807, 2.05) is 37.3 Å². The summed E-state index contributed by atoms with van der Waals surface area (Å²) in [6, 6.07) is 9.85. The van der Waals surface area contributed by atoms with Crippen LogP contribution in [0.1, 0.15) is 25.3 Å². The first-order chi connectivity index (χ1) is 14.5. The summed E-state index contributed by atoms with van der Waals surface area (Å²) in [6.07, 6.45) is 2.96. The summed E-state index contributed by atoms with van der Waals surface area (Å²) >= 11 is 1.51. The van der Waals surface area contributed by atoms with E-state index in [-0.39, 0.29) is 36.2 Å². The molecule has 1 fully saturated rings. The monoisotopic (exact) mass is 431 g/mol. The first kappa shape index (κ1) is 23.8. The van der Waals surface area contributed by atoms with E-state index in [1.54, 1.807) is 4.90 Å². The largest absolute Gasteiger partial charge is 0.460 e. The van der Waals surface area contributed by atoms with Crippen molar-refractivity contribution in [2.45, 2.75) is 36.8 Å². The minimum Gasteiger partial charge on any atom is -0.460 e. The number of nitrogens with one attached hydrogen (secondary N) is 1. The fourth-order valence-corrected chi connectivity index (χ4v) is 4.93. The molecule has 162 valence electrons. The van der Waals surface area contributed by atoms with Crippen molar-refractivity contribution in [3.63, 3.8) is 0 Å². The molecule has 0 radical (unpaired) electrons. The second-order valence-electron chi connectivity index (χ2n) is 6.93. The molecule has 0 saturated carbocycles. The Bertz CT molecular complexity index is 780. The highest BCUT2D eigenvalue weighted by Gasteiger charge is 2.41. The third-order valence-corrected chi connectivity index (χ3v) is 6.38. The molecule has 2 N–H and O–H groups in total. The normalized spacial score (nSPS) is 19.2. The van der Waals surface area contributed by atoms with Crippen molar-refractivity contribution in [2.24, 2.45) is 5.92 Å². The van der Waals surface area contributed by atoms with E-state index < -0.39 is 11.9 Å². The average molecular weight is 432 g/mol. The number of benzene rings is 1. The molecule has 1 aliphatic heterocycles. The first-order valence-electron chi connectivity index (χ1n) is 10.1. The zero-order valence-corrected chi connectivity index (χ0v) is 18.1. The predicted molar refractivity (Wildman–Crippen MR) is 118 cm³/mol. The van der Waals surface area contributed by atoms with Crippen molar-refractivity contribution in [1.29, 1.82) is 5.26 Å². The van der Waals surface area contributed by atoms with Crippen LogP contribution in [0.15, 0.2) is 36.9 Å². The lowest BCUT2D eigenvalue weighted by Crippen LogP contribution is -2.36. The smallest absolute Gasteiger partial charge is 0.323 e. The van der Waals surface area contributed by atoms with Crippen LogP contribution in [0.2, 0.25) is 0 Å². The summed E-state index contributed by atoms with van der Waals surface area (Å²) in [7, 11) is 0. The predicted octanol–water partition coefficient (Wildman–Crippen LogP) is 2.57. The summed E-state index contributed by atoms with van der Waals surface area (Å²) in [5, 5.41) is 21.3. The number of carbonyl (C=O) groups is 2. The molecule has 3 unspecified atom stereocenters. The number of aliphatic hydroxyl groups is 1. The number of ether oxygens (including phenoxy) is 1. The third-order valence-electron chi connectivity index (χ3n) is 4.85. The van der Waals surface area contributed by atoms with E-state index in [0.717, 1.165) is 11.3 Å². The van der Waals surface area contributed by atoms with Crippen LogP contribution in [0.4, 0.5) is 5.69 Å². The van der Waals surface area contributed by atoms with Gasteiger partial charge >= 0.3 is 5.97 Å². The molecule has 30 heavy (non-hydrogen) atoms. The second-order valence-corrected chi connectivity index (χ2v) is 8.31. The molecule has 1 aromatic carbocycles. The van der Waals surface area contributed by atoms with Gasteiger partial charge < -0.3 is 20.1 Å². The minimum absolute atomic E-state index is 0.0412. The molecule has 1 saturated heterocycles. The zero-order valence-electron chi connectivity index (χ0n) is 17.3. The Morgan fingerprint density at radius 2 is 2.33 bits per heavy atom. The number of amides is 1. The molecular weight excluding hydrogens is 402 g/mol. The maximum Gasteiger partial charge on any atom is 0.323 e. The highest BCUT2D eigenvalue weighted by atomic mass is 32.2. The quantitative estimate of drug-likeness (QED) is 0.387. The van der Waals surface area contributed by atoms with Crippen molar-refractivity contribution in [1.82, 2.24) is 4.90 Å². The molecule has 1 aromatic rings. The highest BCUT2D eigenvalue weighted by Crippen LogP contribution is 2.37. The van der Waals surface area contributed by atoms with Crippen molar-refractivity contribution in [3.8, 4) is 6.07 Å². The zero-order chi connectivity index (χ0) is 21.9. The Labute approximate surface area is 182 Å². The molecular formula is C22H29N3O4S. The number of carbonyl (C=O) groups excluding carboxylic acids is 2. The number of rotatable bonds is 12. The Balaban J connectivity index is 1.91. The Kier molecular flexibility index (Phi) is 9.71. The van der Waals surface area contributed by atoms with Crippen LogP contribution in [-0.4, -0.2) is 58.8 Å². The number of thioether (sulfide) groups is 1. The van der Waals surface area contributed by atoms with E-state index in [4.69, 9.17) is 9.84 Å². The second kappa shape index (κ2) is 12.3. The summed E-state index contributed by atoms with van der Waals surface area (Å²) < 4.78 is 5.00. The number of nitrogens with zero attached hydrogens (tertiary/aromatic N) is 2. The molecule has 7 nitrogen and oxygen atoms in total. The molecule has 0 aromatic heterocycles. The van der Waals surface area contributed by atoms with Gasteiger partial charge in [-0.1, -0.05) is 24.8 Å². The van der Waals surface area contributed by atoms with Crippen molar-refractivity contribution in [3.05, 3.63) is 42.5 Å². The van der Waals surface area contributed by atoms with Gasteiger partial charge in [0, 0.05) is 31.8 Å². The van der Waals surface area contributed by atoms with Crippen LogP contribution in [0.3, 0.4) is 0 Å². The minimum atomic E-state index is -0.907. The standard InChI is InChI=1S/C22H29N3O4S/c1-3-12-29-22(28)17(15-23)14-20-25(4-2)21(27)19(30-20)8-10-24-18-7-5-6-16(13-18)9-11-26/h3,5-7,13,17,19-20,24,26H,1,4,8-12,14H2,2H3. The first-order valence-corrected chi connectivity index (χ1v) is 11.0. The van der Waals surface area contributed by atoms with Gasteiger partial charge in [0.15, 0.2) is 0 Å². The molecule has 0 spiro atoms. The van der Waals surface area contributed by atoms with E-state index in [2.05, 4.69) is 11.9 Å². The molecule has 1 amide bonds. The Hall–Kier alpha value is -2.50. The molecule has 1 heterocycles. The van der Waals surface area contributed by atoms with Crippen LogP contribution in [0.25, 0.3) is 0 Å². The van der Waals surface area contributed by atoms with Crippen LogP contribution in [0.5, 0.6) is 0 Å². The third kappa shape index (κ3) is 6.51. The lowest BCUT2D eigenvalue weighted by Gasteiger charge is -2.23. The molecule has 0 bridgehead atoms. The van der Waals surface area contributed by atoms with Gasteiger partial charge in [-0.05, 0) is 37.5 Å². The van der Waals surface area contributed by atoms with Crippen LogP contribution in [-0.2, 0) is 20.7 Å². The van der Waals surface area contributed by atoms with Gasteiger partial charge in [0.25, 0.3) is 0 Å². The lowest BCUT2D eigenvalue weighted by molar-refractivity contribution is -0.146.